The Balaban J connectivity index is 2.48. The van der Waals surface area contributed by atoms with Crippen molar-refractivity contribution in [1.29, 1.82) is 0 Å². The normalized spacial score (nSPS) is 12.1. The number of aromatic amines is 1. The maximum atomic E-state index is 10.9. The van der Waals surface area contributed by atoms with Crippen molar-refractivity contribution >= 4 is 36.9 Å². The molecule has 0 amide bonds. The SMILES string of the molecule is NS(=O)(=O)Cc1cc2cc(Br)ccc2[nH]1. The van der Waals surface area contributed by atoms with Crippen molar-refractivity contribution < 1.29 is 8.42 Å². The van der Waals surface area contributed by atoms with Gasteiger partial charge >= 0.3 is 0 Å². The number of sulfonamides is 1. The predicted octanol–water partition coefficient (Wildman–Crippen LogP) is 1.72. The van der Waals surface area contributed by atoms with Crippen molar-refractivity contribution in [2.45, 2.75) is 5.75 Å². The molecule has 0 unspecified atom stereocenters. The van der Waals surface area contributed by atoms with Gasteiger partial charge in [-0.3, -0.25) is 0 Å². The van der Waals surface area contributed by atoms with E-state index in [4.69, 9.17) is 5.14 Å². The minimum Gasteiger partial charge on any atom is -0.358 e. The van der Waals surface area contributed by atoms with E-state index >= 15 is 0 Å². The molecule has 0 saturated carbocycles. The molecule has 6 heteroatoms. The summed E-state index contributed by atoms with van der Waals surface area (Å²) < 4.78 is 22.7. The zero-order valence-electron chi connectivity index (χ0n) is 7.70. The summed E-state index contributed by atoms with van der Waals surface area (Å²) in [5, 5.41) is 5.92. The monoisotopic (exact) mass is 288 g/mol. The highest BCUT2D eigenvalue weighted by Crippen LogP contribution is 2.20. The second-order valence-electron chi connectivity index (χ2n) is 3.33. The van der Waals surface area contributed by atoms with Gasteiger partial charge in [0.25, 0.3) is 0 Å². The van der Waals surface area contributed by atoms with Crippen molar-refractivity contribution in [3.8, 4) is 0 Å². The number of hydrogen-bond acceptors (Lipinski definition) is 2. The van der Waals surface area contributed by atoms with E-state index in [2.05, 4.69) is 20.9 Å². The summed E-state index contributed by atoms with van der Waals surface area (Å²) in [6.07, 6.45) is 0. The highest BCUT2D eigenvalue weighted by atomic mass is 79.9. The fraction of sp³-hybridized carbons (Fsp3) is 0.111. The lowest BCUT2D eigenvalue weighted by Crippen LogP contribution is -2.14. The van der Waals surface area contributed by atoms with Gasteiger partial charge in [0.1, 0.15) is 5.75 Å². The topological polar surface area (TPSA) is 76.0 Å². The number of H-pyrrole nitrogens is 1. The zero-order valence-corrected chi connectivity index (χ0v) is 10.1. The highest BCUT2D eigenvalue weighted by Gasteiger charge is 2.08. The molecule has 0 aliphatic heterocycles. The third kappa shape index (κ3) is 2.58. The second kappa shape index (κ2) is 3.62. The van der Waals surface area contributed by atoms with E-state index in [9.17, 15) is 8.42 Å². The van der Waals surface area contributed by atoms with E-state index in [0.29, 0.717) is 5.69 Å². The fourth-order valence-corrected chi connectivity index (χ4v) is 2.43. The molecule has 1 aromatic heterocycles. The Morgan fingerprint density at radius 1 is 1.33 bits per heavy atom. The van der Waals surface area contributed by atoms with Gasteiger partial charge in [0, 0.05) is 21.1 Å². The minimum atomic E-state index is -3.48. The van der Waals surface area contributed by atoms with Gasteiger partial charge in [-0.2, -0.15) is 0 Å². The largest absolute Gasteiger partial charge is 0.358 e. The van der Waals surface area contributed by atoms with Gasteiger partial charge < -0.3 is 4.98 Å². The molecule has 0 bridgehead atoms. The lowest BCUT2D eigenvalue weighted by Gasteiger charge is -1.92. The number of nitrogens with two attached hydrogens (primary N) is 1. The molecule has 1 aromatic carbocycles. The number of fused-ring (bicyclic) bond motifs is 1. The van der Waals surface area contributed by atoms with Crippen molar-refractivity contribution in [3.63, 3.8) is 0 Å². The summed E-state index contributed by atoms with van der Waals surface area (Å²) in [4.78, 5) is 3.00. The van der Waals surface area contributed by atoms with E-state index in [0.717, 1.165) is 15.4 Å². The summed E-state index contributed by atoms with van der Waals surface area (Å²) >= 11 is 3.35. The first-order valence-corrected chi connectivity index (χ1v) is 6.72. The van der Waals surface area contributed by atoms with Gasteiger partial charge in [-0.25, -0.2) is 13.6 Å². The fourth-order valence-electron chi connectivity index (χ4n) is 1.46. The molecule has 1 heterocycles. The molecular weight excluding hydrogens is 280 g/mol. The van der Waals surface area contributed by atoms with Crippen LogP contribution in [0.1, 0.15) is 5.69 Å². The molecule has 2 rings (SSSR count). The molecule has 0 saturated heterocycles. The van der Waals surface area contributed by atoms with Crippen molar-refractivity contribution in [3.05, 3.63) is 34.4 Å². The second-order valence-corrected chi connectivity index (χ2v) is 5.86. The Labute approximate surface area is 95.7 Å². The van der Waals surface area contributed by atoms with Crippen LogP contribution < -0.4 is 5.14 Å². The number of hydrogen-bond donors (Lipinski definition) is 2. The van der Waals surface area contributed by atoms with Crippen LogP contribution in [0.4, 0.5) is 0 Å². The van der Waals surface area contributed by atoms with E-state index < -0.39 is 10.0 Å². The van der Waals surface area contributed by atoms with Crippen molar-refractivity contribution in [1.82, 2.24) is 4.98 Å². The Morgan fingerprint density at radius 2 is 2.07 bits per heavy atom. The molecule has 4 nitrogen and oxygen atoms in total. The standard InChI is InChI=1S/C9H9BrN2O2S/c10-7-1-2-9-6(3-7)4-8(12-9)5-15(11,13)14/h1-4,12H,5H2,(H2,11,13,14). The predicted molar refractivity (Wildman–Crippen MR) is 62.8 cm³/mol. The number of primary sulfonamides is 1. The molecule has 15 heavy (non-hydrogen) atoms. The van der Waals surface area contributed by atoms with E-state index in [-0.39, 0.29) is 5.75 Å². The van der Waals surface area contributed by atoms with Gasteiger partial charge in [-0.1, -0.05) is 15.9 Å². The molecule has 3 N–H and O–H groups in total. The van der Waals surface area contributed by atoms with Crippen LogP contribution in [0, 0.1) is 0 Å². The molecule has 80 valence electrons. The molecule has 2 aromatic rings. The number of aromatic nitrogens is 1. The average molecular weight is 289 g/mol. The van der Waals surface area contributed by atoms with Gasteiger partial charge in [0.15, 0.2) is 0 Å². The quantitative estimate of drug-likeness (QED) is 0.883. The lowest BCUT2D eigenvalue weighted by molar-refractivity contribution is 0.596. The van der Waals surface area contributed by atoms with Crippen LogP contribution in [0.2, 0.25) is 0 Å². The van der Waals surface area contributed by atoms with Gasteiger partial charge in [-0.05, 0) is 24.3 Å². The number of benzene rings is 1. The summed E-state index contributed by atoms with van der Waals surface area (Å²) in [5.74, 6) is -0.167. The first-order chi connectivity index (χ1) is 6.94. The Hall–Kier alpha value is -0.850. The molecule has 0 atom stereocenters. The minimum absolute atomic E-state index is 0.167. The lowest BCUT2D eigenvalue weighted by atomic mass is 10.2. The Morgan fingerprint density at radius 3 is 2.73 bits per heavy atom. The highest BCUT2D eigenvalue weighted by molar-refractivity contribution is 9.10. The van der Waals surface area contributed by atoms with Crippen LogP contribution in [0.25, 0.3) is 10.9 Å². The number of halogens is 1. The molecule has 0 aliphatic carbocycles. The number of rotatable bonds is 2. The third-order valence-electron chi connectivity index (χ3n) is 2.00. The summed E-state index contributed by atoms with van der Waals surface area (Å²) in [6.45, 7) is 0. The van der Waals surface area contributed by atoms with Crippen LogP contribution >= 0.6 is 15.9 Å². The smallest absolute Gasteiger partial charge is 0.214 e. The van der Waals surface area contributed by atoms with Gasteiger partial charge in [0.2, 0.25) is 10.0 Å². The van der Waals surface area contributed by atoms with E-state index in [1.54, 1.807) is 6.07 Å². The van der Waals surface area contributed by atoms with Gasteiger partial charge in [0.05, 0.1) is 0 Å². The molecule has 0 spiro atoms. The molecule has 0 fully saturated rings. The molecular formula is C9H9BrN2O2S. The van der Waals surface area contributed by atoms with Crippen LogP contribution in [-0.4, -0.2) is 13.4 Å². The van der Waals surface area contributed by atoms with E-state index in [1.807, 2.05) is 18.2 Å². The maximum Gasteiger partial charge on any atom is 0.214 e. The first-order valence-electron chi connectivity index (χ1n) is 4.22. The molecule has 0 radical (unpaired) electrons. The van der Waals surface area contributed by atoms with Crippen LogP contribution in [0.15, 0.2) is 28.7 Å². The molecule has 0 aliphatic rings. The van der Waals surface area contributed by atoms with Crippen LogP contribution in [-0.2, 0) is 15.8 Å². The Kier molecular flexibility index (Phi) is 2.57. The maximum absolute atomic E-state index is 10.9. The Bertz CT molecular complexity index is 604. The number of nitrogens with one attached hydrogen (secondary N) is 1. The third-order valence-corrected chi connectivity index (χ3v) is 3.20. The van der Waals surface area contributed by atoms with E-state index in [1.165, 1.54) is 0 Å². The first kappa shape index (κ1) is 10.7. The van der Waals surface area contributed by atoms with Crippen LogP contribution in [0.5, 0.6) is 0 Å². The summed E-state index contributed by atoms with van der Waals surface area (Å²) in [5.41, 5.74) is 1.50. The summed E-state index contributed by atoms with van der Waals surface area (Å²) in [6, 6.07) is 7.47. The van der Waals surface area contributed by atoms with Crippen molar-refractivity contribution in [2.24, 2.45) is 5.14 Å². The summed E-state index contributed by atoms with van der Waals surface area (Å²) in [7, 11) is -3.48. The van der Waals surface area contributed by atoms with Gasteiger partial charge in [-0.15, -0.1) is 0 Å². The van der Waals surface area contributed by atoms with Crippen molar-refractivity contribution in [2.75, 3.05) is 0 Å². The average Bonchev–Trinajstić information content (AvgIpc) is 2.42. The zero-order chi connectivity index (χ0) is 11.1. The van der Waals surface area contributed by atoms with Crippen LogP contribution in [0.3, 0.4) is 0 Å².